The predicted octanol–water partition coefficient (Wildman–Crippen LogP) is 3.39. The number of nitrogens with zero attached hydrogens (tertiary/aromatic N) is 7. The van der Waals surface area contributed by atoms with Crippen LogP contribution in [0.1, 0.15) is 34.5 Å². The molecule has 0 saturated carbocycles. The number of imidazole rings is 1. The first-order valence-electron chi connectivity index (χ1n) is 9.97. The number of hydrogen-bond donors (Lipinski definition) is 0. The molecule has 0 aliphatic carbocycles. The number of para-hydroxylation sites is 2. The van der Waals surface area contributed by atoms with E-state index in [4.69, 9.17) is 4.98 Å². The third-order valence-electron chi connectivity index (χ3n) is 6.07. The number of aryl methyl sites for hydroxylation is 3. The largest absolute Gasteiger partial charge is 0.355 e. The van der Waals surface area contributed by atoms with Crippen molar-refractivity contribution in [3.63, 3.8) is 0 Å². The molecule has 0 radical (unpaired) electrons. The molecule has 0 amide bonds. The van der Waals surface area contributed by atoms with Crippen LogP contribution in [0.25, 0.3) is 16.9 Å². The molecule has 4 aromatic rings. The average Bonchev–Trinajstić information content (AvgIpc) is 3.12. The summed E-state index contributed by atoms with van der Waals surface area (Å²) in [4.78, 5) is 16.5. The molecule has 3 aromatic heterocycles. The van der Waals surface area contributed by atoms with Crippen LogP contribution in [0.2, 0.25) is 0 Å². The van der Waals surface area contributed by atoms with Gasteiger partial charge in [-0.25, -0.2) is 19.6 Å². The molecule has 0 spiro atoms. The molecule has 0 atom stereocenters. The average molecular weight is 387 g/mol. The topological polar surface area (TPSA) is 64.7 Å². The molecule has 4 heterocycles. The summed E-state index contributed by atoms with van der Waals surface area (Å²) in [5, 5.41) is 4.66. The Hall–Kier alpha value is -3.22. The highest BCUT2D eigenvalue weighted by Gasteiger charge is 2.33. The molecule has 1 saturated heterocycles. The van der Waals surface area contributed by atoms with E-state index in [9.17, 15) is 0 Å². The van der Waals surface area contributed by atoms with Gasteiger partial charge in [0.05, 0.1) is 22.6 Å². The first-order chi connectivity index (χ1) is 13.9. The standard InChI is InChI=1S/C22H25N7/c1-13-14(2)26-29(15(13)3)21-10-20(23-16(4)24-21)28-11-17(12-28)22-25-18-8-6-7-9-19(18)27(22)5/h6-10,17H,11-12H2,1-5H3. The van der Waals surface area contributed by atoms with Crippen LogP contribution in [-0.2, 0) is 7.05 Å². The summed E-state index contributed by atoms with van der Waals surface area (Å²) in [5.74, 6) is 4.08. The fraction of sp³-hybridized carbons (Fsp3) is 0.364. The molecule has 0 bridgehead atoms. The Labute approximate surface area is 170 Å². The highest BCUT2D eigenvalue weighted by Crippen LogP contribution is 2.32. The smallest absolute Gasteiger partial charge is 0.159 e. The van der Waals surface area contributed by atoms with Crippen molar-refractivity contribution in [3.8, 4) is 5.82 Å². The fourth-order valence-corrected chi connectivity index (χ4v) is 4.11. The van der Waals surface area contributed by atoms with Gasteiger partial charge in [-0.3, -0.25) is 0 Å². The Bertz CT molecular complexity index is 1230. The SMILES string of the molecule is Cc1nc(N2CC(c3nc4ccccc4n3C)C2)cc(-n2nc(C)c(C)c2C)n1. The van der Waals surface area contributed by atoms with Crippen molar-refractivity contribution in [2.75, 3.05) is 18.0 Å². The zero-order valence-corrected chi connectivity index (χ0v) is 17.5. The van der Waals surface area contributed by atoms with Gasteiger partial charge in [-0.1, -0.05) is 12.1 Å². The zero-order chi connectivity index (χ0) is 20.3. The molecule has 1 fully saturated rings. The number of hydrogen-bond acceptors (Lipinski definition) is 5. The van der Waals surface area contributed by atoms with Crippen LogP contribution < -0.4 is 4.90 Å². The van der Waals surface area contributed by atoms with Gasteiger partial charge in [0.2, 0.25) is 0 Å². The van der Waals surface area contributed by atoms with Crippen molar-refractivity contribution in [2.45, 2.75) is 33.6 Å². The van der Waals surface area contributed by atoms with Crippen LogP contribution in [-0.4, -0.2) is 42.4 Å². The lowest BCUT2D eigenvalue weighted by Crippen LogP contribution is -2.46. The van der Waals surface area contributed by atoms with E-state index in [0.29, 0.717) is 5.92 Å². The molecule has 7 nitrogen and oxygen atoms in total. The normalized spacial score (nSPS) is 14.6. The van der Waals surface area contributed by atoms with E-state index in [1.807, 2.05) is 30.7 Å². The summed E-state index contributed by atoms with van der Waals surface area (Å²) in [5.41, 5.74) is 5.59. The lowest BCUT2D eigenvalue weighted by atomic mass is 9.99. The summed E-state index contributed by atoms with van der Waals surface area (Å²) >= 11 is 0. The van der Waals surface area contributed by atoms with Gasteiger partial charge in [0.25, 0.3) is 0 Å². The summed E-state index contributed by atoms with van der Waals surface area (Å²) in [6.45, 7) is 9.96. The van der Waals surface area contributed by atoms with Gasteiger partial charge < -0.3 is 9.47 Å². The molecule has 29 heavy (non-hydrogen) atoms. The van der Waals surface area contributed by atoms with E-state index >= 15 is 0 Å². The second-order valence-electron chi connectivity index (χ2n) is 7.96. The number of rotatable bonds is 3. The summed E-state index contributed by atoms with van der Waals surface area (Å²) in [6.07, 6.45) is 0. The van der Waals surface area contributed by atoms with Crippen molar-refractivity contribution in [1.82, 2.24) is 29.3 Å². The first kappa shape index (κ1) is 17.8. The van der Waals surface area contributed by atoms with E-state index in [1.165, 1.54) is 11.1 Å². The van der Waals surface area contributed by atoms with Gasteiger partial charge in [0.1, 0.15) is 17.5 Å². The van der Waals surface area contributed by atoms with Crippen molar-refractivity contribution in [3.05, 3.63) is 58.9 Å². The monoisotopic (exact) mass is 387 g/mol. The third kappa shape index (κ3) is 2.80. The van der Waals surface area contributed by atoms with Crippen LogP contribution in [0.5, 0.6) is 0 Å². The lowest BCUT2D eigenvalue weighted by Gasteiger charge is -2.39. The van der Waals surface area contributed by atoms with Crippen molar-refractivity contribution < 1.29 is 0 Å². The van der Waals surface area contributed by atoms with Gasteiger partial charge in [-0.2, -0.15) is 5.10 Å². The second kappa shape index (κ2) is 6.40. The first-order valence-corrected chi connectivity index (χ1v) is 9.97. The summed E-state index contributed by atoms with van der Waals surface area (Å²) in [6, 6.07) is 10.3. The van der Waals surface area contributed by atoms with Gasteiger partial charge in [0.15, 0.2) is 5.82 Å². The molecule has 1 aliphatic heterocycles. The minimum Gasteiger partial charge on any atom is -0.355 e. The minimum absolute atomic E-state index is 0.405. The minimum atomic E-state index is 0.405. The number of anilines is 1. The maximum absolute atomic E-state index is 4.86. The van der Waals surface area contributed by atoms with E-state index in [2.05, 4.69) is 63.6 Å². The van der Waals surface area contributed by atoms with Crippen molar-refractivity contribution >= 4 is 16.9 Å². The Kier molecular flexibility index (Phi) is 3.94. The highest BCUT2D eigenvalue weighted by atomic mass is 15.3. The Morgan fingerprint density at radius 3 is 2.34 bits per heavy atom. The predicted molar refractivity (Wildman–Crippen MR) is 114 cm³/mol. The molecule has 0 N–H and O–H groups in total. The maximum atomic E-state index is 4.86. The van der Waals surface area contributed by atoms with Gasteiger partial charge in [-0.15, -0.1) is 0 Å². The third-order valence-corrected chi connectivity index (χ3v) is 6.07. The summed E-state index contributed by atoms with van der Waals surface area (Å²) < 4.78 is 4.14. The van der Waals surface area contributed by atoms with Crippen LogP contribution in [0.4, 0.5) is 5.82 Å². The Morgan fingerprint density at radius 1 is 0.931 bits per heavy atom. The highest BCUT2D eigenvalue weighted by molar-refractivity contribution is 5.76. The number of fused-ring (bicyclic) bond motifs is 1. The maximum Gasteiger partial charge on any atom is 0.159 e. The molecule has 7 heteroatoms. The molecule has 5 rings (SSSR count). The zero-order valence-electron chi connectivity index (χ0n) is 17.5. The number of aromatic nitrogens is 6. The Balaban J connectivity index is 1.42. The van der Waals surface area contributed by atoms with Crippen LogP contribution >= 0.6 is 0 Å². The van der Waals surface area contributed by atoms with E-state index in [-0.39, 0.29) is 0 Å². The van der Waals surface area contributed by atoms with Gasteiger partial charge >= 0.3 is 0 Å². The lowest BCUT2D eigenvalue weighted by molar-refractivity contribution is 0.485. The molecule has 148 valence electrons. The van der Waals surface area contributed by atoms with E-state index in [1.54, 1.807) is 0 Å². The number of benzene rings is 1. The molecule has 1 aromatic carbocycles. The van der Waals surface area contributed by atoms with Crippen LogP contribution in [0, 0.1) is 27.7 Å². The Morgan fingerprint density at radius 2 is 1.66 bits per heavy atom. The van der Waals surface area contributed by atoms with Gasteiger partial charge in [0, 0.05) is 31.9 Å². The van der Waals surface area contributed by atoms with E-state index < -0.39 is 0 Å². The second-order valence-corrected chi connectivity index (χ2v) is 7.96. The summed E-state index contributed by atoms with van der Waals surface area (Å²) in [7, 11) is 2.10. The molecule has 1 aliphatic rings. The molecular formula is C22H25N7. The van der Waals surface area contributed by atoms with Crippen LogP contribution in [0.15, 0.2) is 30.3 Å². The quantitative estimate of drug-likeness (QED) is 0.539. The van der Waals surface area contributed by atoms with E-state index in [0.717, 1.165) is 53.3 Å². The molecular weight excluding hydrogens is 362 g/mol. The van der Waals surface area contributed by atoms with Crippen molar-refractivity contribution in [2.24, 2.45) is 7.05 Å². The molecule has 0 unspecified atom stereocenters. The van der Waals surface area contributed by atoms with Gasteiger partial charge in [-0.05, 0) is 45.4 Å². The van der Waals surface area contributed by atoms with Crippen LogP contribution in [0.3, 0.4) is 0 Å². The van der Waals surface area contributed by atoms with Crippen molar-refractivity contribution in [1.29, 1.82) is 0 Å². The fourth-order valence-electron chi connectivity index (χ4n) is 4.11.